The monoisotopic (exact) mass is 390 g/mol. The molecule has 5 aromatic rings. The Hall–Kier alpha value is -4.18. The van der Waals surface area contributed by atoms with E-state index < -0.39 is 0 Å². The van der Waals surface area contributed by atoms with Gasteiger partial charge in [0.05, 0.1) is 16.6 Å². The van der Waals surface area contributed by atoms with Crippen molar-refractivity contribution in [1.29, 1.82) is 0 Å². The molecule has 0 aliphatic carbocycles. The van der Waals surface area contributed by atoms with Crippen LogP contribution in [0.5, 0.6) is 5.75 Å². The third kappa shape index (κ3) is 3.25. The van der Waals surface area contributed by atoms with Crippen molar-refractivity contribution >= 4 is 33.8 Å². The van der Waals surface area contributed by atoms with E-state index in [2.05, 4.69) is 0 Å². The molecule has 4 heteroatoms. The SMILES string of the molecule is O=c1c2ccccc2nc(C=Cc2ccc(O)cc2)n1-c1ccc2ccccc2c1. The fourth-order valence-corrected chi connectivity index (χ4v) is 3.58. The normalized spacial score (nSPS) is 11.5. The maximum Gasteiger partial charge on any atom is 0.266 e. The van der Waals surface area contributed by atoms with Gasteiger partial charge >= 0.3 is 0 Å². The van der Waals surface area contributed by atoms with E-state index in [0.717, 1.165) is 22.0 Å². The van der Waals surface area contributed by atoms with Gasteiger partial charge in [0.25, 0.3) is 5.56 Å². The molecule has 5 rings (SSSR count). The van der Waals surface area contributed by atoms with Gasteiger partial charge in [0.1, 0.15) is 11.6 Å². The molecule has 0 bridgehead atoms. The van der Waals surface area contributed by atoms with E-state index in [0.29, 0.717) is 16.7 Å². The van der Waals surface area contributed by atoms with Crippen molar-refractivity contribution in [2.75, 3.05) is 0 Å². The molecule has 0 fully saturated rings. The third-order valence-electron chi connectivity index (χ3n) is 5.11. The minimum atomic E-state index is -0.110. The molecule has 4 aromatic carbocycles. The lowest BCUT2D eigenvalue weighted by Crippen LogP contribution is -2.22. The Morgan fingerprint density at radius 3 is 2.33 bits per heavy atom. The van der Waals surface area contributed by atoms with Gasteiger partial charge in [0.2, 0.25) is 0 Å². The molecular formula is C26H18N2O2. The van der Waals surface area contributed by atoms with E-state index in [1.54, 1.807) is 22.8 Å². The molecule has 0 amide bonds. The molecular weight excluding hydrogens is 372 g/mol. The molecule has 1 N–H and O–H groups in total. The van der Waals surface area contributed by atoms with Crippen LogP contribution in [-0.4, -0.2) is 14.7 Å². The predicted octanol–water partition coefficient (Wildman–Crippen LogP) is 5.41. The number of phenols is 1. The Labute approximate surface area is 173 Å². The van der Waals surface area contributed by atoms with Gasteiger partial charge in [-0.3, -0.25) is 9.36 Å². The number of rotatable bonds is 3. The Kier molecular flexibility index (Phi) is 4.37. The molecule has 0 spiro atoms. The number of fused-ring (bicyclic) bond motifs is 2. The summed E-state index contributed by atoms with van der Waals surface area (Å²) < 4.78 is 1.64. The summed E-state index contributed by atoms with van der Waals surface area (Å²) in [6, 6.07) is 28.3. The van der Waals surface area contributed by atoms with E-state index >= 15 is 0 Å². The first-order valence-electron chi connectivity index (χ1n) is 9.67. The van der Waals surface area contributed by atoms with Crippen molar-refractivity contribution < 1.29 is 5.11 Å². The Morgan fingerprint density at radius 2 is 1.50 bits per heavy atom. The van der Waals surface area contributed by atoms with Crippen molar-refractivity contribution in [2.45, 2.75) is 0 Å². The zero-order valence-electron chi connectivity index (χ0n) is 16.1. The molecule has 30 heavy (non-hydrogen) atoms. The predicted molar refractivity (Wildman–Crippen MR) is 122 cm³/mol. The average Bonchev–Trinajstić information content (AvgIpc) is 2.78. The summed E-state index contributed by atoms with van der Waals surface area (Å²) in [4.78, 5) is 18.1. The Morgan fingerprint density at radius 1 is 0.767 bits per heavy atom. The number of hydrogen-bond acceptors (Lipinski definition) is 3. The van der Waals surface area contributed by atoms with Crippen molar-refractivity contribution in [1.82, 2.24) is 9.55 Å². The lowest BCUT2D eigenvalue weighted by atomic mass is 10.1. The lowest BCUT2D eigenvalue weighted by molar-refractivity contribution is 0.475. The zero-order valence-corrected chi connectivity index (χ0v) is 16.1. The fraction of sp³-hybridized carbons (Fsp3) is 0. The first kappa shape index (κ1) is 17.9. The van der Waals surface area contributed by atoms with Crippen LogP contribution in [0.4, 0.5) is 0 Å². The van der Waals surface area contributed by atoms with E-state index in [1.165, 1.54) is 0 Å². The highest BCUT2D eigenvalue weighted by molar-refractivity contribution is 5.85. The Balaban J connectivity index is 1.73. The molecule has 0 saturated heterocycles. The highest BCUT2D eigenvalue weighted by Crippen LogP contribution is 2.21. The number of aromatic nitrogens is 2. The smallest absolute Gasteiger partial charge is 0.266 e. The average molecular weight is 390 g/mol. The molecule has 0 aliphatic heterocycles. The van der Waals surface area contributed by atoms with Gasteiger partial charge < -0.3 is 5.11 Å². The summed E-state index contributed by atoms with van der Waals surface area (Å²) in [7, 11) is 0. The summed E-state index contributed by atoms with van der Waals surface area (Å²) in [6.07, 6.45) is 3.71. The van der Waals surface area contributed by atoms with E-state index in [9.17, 15) is 9.90 Å². The van der Waals surface area contributed by atoms with Crippen LogP contribution in [0.1, 0.15) is 11.4 Å². The second-order valence-electron chi connectivity index (χ2n) is 7.08. The zero-order chi connectivity index (χ0) is 20.5. The minimum absolute atomic E-state index is 0.110. The maximum absolute atomic E-state index is 13.4. The van der Waals surface area contributed by atoms with Crippen LogP contribution >= 0.6 is 0 Å². The number of hydrogen-bond donors (Lipinski definition) is 1. The topological polar surface area (TPSA) is 55.1 Å². The maximum atomic E-state index is 13.4. The second-order valence-corrected chi connectivity index (χ2v) is 7.08. The number of phenolic OH excluding ortho intramolecular Hbond substituents is 1. The summed E-state index contributed by atoms with van der Waals surface area (Å²) in [5.74, 6) is 0.756. The van der Waals surface area contributed by atoms with Gasteiger partial charge in [-0.25, -0.2) is 4.98 Å². The molecule has 1 heterocycles. The van der Waals surface area contributed by atoms with Crippen LogP contribution in [0, 0.1) is 0 Å². The van der Waals surface area contributed by atoms with Gasteiger partial charge in [-0.05, 0) is 58.8 Å². The second kappa shape index (κ2) is 7.33. The van der Waals surface area contributed by atoms with Gasteiger partial charge in [0, 0.05) is 0 Å². The fourth-order valence-electron chi connectivity index (χ4n) is 3.58. The summed E-state index contributed by atoms with van der Waals surface area (Å²) in [5.41, 5.74) is 2.22. The van der Waals surface area contributed by atoms with Crippen LogP contribution in [0.15, 0.2) is 95.8 Å². The van der Waals surface area contributed by atoms with Crippen molar-refractivity contribution in [3.8, 4) is 11.4 Å². The van der Waals surface area contributed by atoms with Crippen LogP contribution in [0.3, 0.4) is 0 Å². The van der Waals surface area contributed by atoms with E-state index in [4.69, 9.17) is 4.98 Å². The number of benzene rings is 4. The van der Waals surface area contributed by atoms with E-state index in [1.807, 2.05) is 84.9 Å². The molecule has 0 aliphatic rings. The molecule has 0 saturated carbocycles. The van der Waals surface area contributed by atoms with Gasteiger partial charge in [0.15, 0.2) is 0 Å². The summed E-state index contributed by atoms with van der Waals surface area (Å²) in [5, 5.41) is 12.2. The molecule has 4 nitrogen and oxygen atoms in total. The lowest BCUT2D eigenvalue weighted by Gasteiger charge is -2.12. The molecule has 1 aromatic heterocycles. The molecule has 0 radical (unpaired) electrons. The summed E-state index contributed by atoms with van der Waals surface area (Å²) in [6.45, 7) is 0. The van der Waals surface area contributed by atoms with Crippen molar-refractivity contribution in [2.24, 2.45) is 0 Å². The molecule has 144 valence electrons. The van der Waals surface area contributed by atoms with Crippen molar-refractivity contribution in [3.05, 3.63) is 113 Å². The third-order valence-corrected chi connectivity index (χ3v) is 5.11. The van der Waals surface area contributed by atoms with Gasteiger partial charge in [-0.1, -0.05) is 60.7 Å². The van der Waals surface area contributed by atoms with E-state index in [-0.39, 0.29) is 11.3 Å². The Bertz CT molecular complexity index is 1460. The number of para-hydroxylation sites is 1. The minimum Gasteiger partial charge on any atom is -0.508 e. The number of nitrogens with zero attached hydrogens (tertiary/aromatic N) is 2. The van der Waals surface area contributed by atoms with Crippen molar-refractivity contribution in [3.63, 3.8) is 0 Å². The number of aromatic hydroxyl groups is 1. The molecule has 0 atom stereocenters. The summed E-state index contributed by atoms with van der Waals surface area (Å²) >= 11 is 0. The van der Waals surface area contributed by atoms with Gasteiger partial charge in [-0.2, -0.15) is 0 Å². The van der Waals surface area contributed by atoms with Gasteiger partial charge in [-0.15, -0.1) is 0 Å². The highest BCUT2D eigenvalue weighted by Gasteiger charge is 2.11. The first-order chi connectivity index (χ1) is 14.7. The standard InChI is InChI=1S/C26H18N2O2/c29-22-14-9-18(10-15-22)11-16-25-27-24-8-4-3-7-23(24)26(30)28(25)21-13-12-19-5-1-2-6-20(19)17-21/h1-17,29H. The quantitative estimate of drug-likeness (QED) is 0.448. The van der Waals surface area contributed by atoms with Crippen LogP contribution < -0.4 is 5.56 Å². The van der Waals surface area contributed by atoms with Crippen LogP contribution in [0.25, 0.3) is 39.5 Å². The largest absolute Gasteiger partial charge is 0.508 e. The first-order valence-corrected chi connectivity index (χ1v) is 9.67. The highest BCUT2D eigenvalue weighted by atomic mass is 16.3. The van der Waals surface area contributed by atoms with Crippen LogP contribution in [0.2, 0.25) is 0 Å². The van der Waals surface area contributed by atoms with Crippen LogP contribution in [-0.2, 0) is 0 Å². The molecule has 0 unspecified atom stereocenters.